The van der Waals surface area contributed by atoms with Gasteiger partial charge in [0.2, 0.25) is 5.91 Å². The highest BCUT2D eigenvalue weighted by Gasteiger charge is 2.52. The fourth-order valence-corrected chi connectivity index (χ4v) is 2.90. The maximum absolute atomic E-state index is 12.7. The van der Waals surface area contributed by atoms with Crippen LogP contribution in [0.25, 0.3) is 0 Å². The third-order valence-electron chi connectivity index (χ3n) is 3.75. The molecule has 3 nitrogen and oxygen atoms in total. The van der Waals surface area contributed by atoms with Crippen LogP contribution in [-0.2, 0) is 14.9 Å². The minimum atomic E-state index is -0.752. The first-order chi connectivity index (χ1) is 8.71. The molecule has 0 bridgehead atoms. The molecule has 0 radical (unpaired) electrons. The maximum Gasteiger partial charge on any atom is 0.249 e. The Morgan fingerprint density at radius 3 is 2.89 bits per heavy atom. The second-order valence-electron chi connectivity index (χ2n) is 4.60. The Morgan fingerprint density at radius 1 is 1.33 bits per heavy atom. The Balaban J connectivity index is 2.29. The van der Waals surface area contributed by atoms with E-state index in [-0.39, 0.29) is 5.91 Å². The SMILES string of the molecule is COC1=CCC=CC12C(=O)N(C)c1ccccc12. The summed E-state index contributed by atoms with van der Waals surface area (Å²) in [6.07, 6.45) is 6.78. The number of likely N-dealkylation sites (N-methyl/N-ethyl adjacent to an activating group) is 1. The lowest BCUT2D eigenvalue weighted by Crippen LogP contribution is -2.40. The van der Waals surface area contributed by atoms with Gasteiger partial charge in [0.25, 0.3) is 0 Å². The average Bonchev–Trinajstić information content (AvgIpc) is 2.64. The summed E-state index contributed by atoms with van der Waals surface area (Å²) in [7, 11) is 3.44. The van der Waals surface area contributed by atoms with E-state index in [1.807, 2.05) is 49.5 Å². The van der Waals surface area contributed by atoms with Crippen LogP contribution in [0, 0.1) is 0 Å². The molecule has 1 amide bonds. The number of nitrogens with zero attached hydrogens (tertiary/aromatic N) is 1. The monoisotopic (exact) mass is 241 g/mol. The molecule has 1 unspecified atom stereocenters. The van der Waals surface area contributed by atoms with Crippen molar-refractivity contribution in [3.05, 3.63) is 53.8 Å². The summed E-state index contributed by atoms with van der Waals surface area (Å²) in [4.78, 5) is 14.4. The van der Waals surface area contributed by atoms with Crippen molar-refractivity contribution in [1.29, 1.82) is 0 Å². The molecule has 3 heteroatoms. The van der Waals surface area contributed by atoms with E-state index in [2.05, 4.69) is 0 Å². The summed E-state index contributed by atoms with van der Waals surface area (Å²) >= 11 is 0. The van der Waals surface area contributed by atoms with E-state index < -0.39 is 5.41 Å². The number of fused-ring (bicyclic) bond motifs is 2. The third kappa shape index (κ3) is 1.16. The highest BCUT2D eigenvalue weighted by molar-refractivity contribution is 6.11. The van der Waals surface area contributed by atoms with Crippen LogP contribution in [0.15, 0.2) is 48.3 Å². The minimum Gasteiger partial charge on any atom is -0.500 e. The van der Waals surface area contributed by atoms with Crippen molar-refractivity contribution < 1.29 is 9.53 Å². The molecule has 1 aromatic rings. The zero-order valence-corrected chi connectivity index (χ0v) is 10.5. The molecule has 1 spiro atoms. The van der Waals surface area contributed by atoms with Gasteiger partial charge in [0.15, 0.2) is 5.41 Å². The Bertz CT molecular complexity index is 574. The quantitative estimate of drug-likeness (QED) is 0.706. The summed E-state index contributed by atoms with van der Waals surface area (Å²) in [5.41, 5.74) is 1.21. The van der Waals surface area contributed by atoms with Gasteiger partial charge in [-0.1, -0.05) is 30.4 Å². The zero-order chi connectivity index (χ0) is 12.8. The van der Waals surface area contributed by atoms with Crippen molar-refractivity contribution >= 4 is 11.6 Å². The molecular weight excluding hydrogens is 226 g/mol. The van der Waals surface area contributed by atoms with Crippen LogP contribution in [0.2, 0.25) is 0 Å². The van der Waals surface area contributed by atoms with Crippen LogP contribution >= 0.6 is 0 Å². The van der Waals surface area contributed by atoms with E-state index in [0.29, 0.717) is 0 Å². The van der Waals surface area contributed by atoms with Gasteiger partial charge in [0.1, 0.15) is 5.76 Å². The fraction of sp³-hybridized carbons (Fsp3) is 0.267. The summed E-state index contributed by atoms with van der Waals surface area (Å²) < 4.78 is 5.47. The number of anilines is 1. The van der Waals surface area contributed by atoms with Gasteiger partial charge in [0.05, 0.1) is 7.11 Å². The van der Waals surface area contributed by atoms with Crippen LogP contribution in [-0.4, -0.2) is 20.1 Å². The number of benzene rings is 1. The standard InChI is InChI=1S/C15H15NO2/c1-16-12-8-4-3-7-11(12)15(14(16)17)10-6-5-9-13(15)18-2/h3-4,6-10H,5H2,1-2H3. The van der Waals surface area contributed by atoms with E-state index in [1.54, 1.807) is 12.0 Å². The smallest absolute Gasteiger partial charge is 0.249 e. The summed E-state index contributed by atoms with van der Waals surface area (Å²) in [5.74, 6) is 0.777. The Hall–Kier alpha value is -2.03. The number of carbonyl (C=O) groups is 1. The normalized spacial score (nSPS) is 25.3. The molecule has 0 N–H and O–H groups in total. The topological polar surface area (TPSA) is 29.5 Å². The summed E-state index contributed by atoms with van der Waals surface area (Å²) in [5, 5.41) is 0. The predicted molar refractivity (Wildman–Crippen MR) is 70.4 cm³/mol. The Morgan fingerprint density at radius 2 is 2.11 bits per heavy atom. The number of methoxy groups -OCH3 is 1. The highest BCUT2D eigenvalue weighted by atomic mass is 16.5. The first-order valence-corrected chi connectivity index (χ1v) is 6.02. The molecule has 1 heterocycles. The van der Waals surface area contributed by atoms with Gasteiger partial charge in [-0.3, -0.25) is 4.79 Å². The van der Waals surface area contributed by atoms with Gasteiger partial charge in [-0.25, -0.2) is 0 Å². The molecule has 1 atom stereocenters. The van der Waals surface area contributed by atoms with Crippen LogP contribution in [0.1, 0.15) is 12.0 Å². The first kappa shape index (κ1) is 11.1. The lowest BCUT2D eigenvalue weighted by atomic mass is 9.77. The first-order valence-electron chi connectivity index (χ1n) is 6.02. The van der Waals surface area contributed by atoms with E-state index in [0.717, 1.165) is 23.4 Å². The summed E-state index contributed by atoms with van der Waals surface area (Å²) in [6.45, 7) is 0. The second kappa shape index (κ2) is 3.73. The van der Waals surface area contributed by atoms with Crippen molar-refractivity contribution in [3.63, 3.8) is 0 Å². The Kier molecular flexibility index (Phi) is 2.30. The zero-order valence-electron chi connectivity index (χ0n) is 10.5. The van der Waals surface area contributed by atoms with Crippen molar-refractivity contribution in [3.8, 4) is 0 Å². The molecule has 18 heavy (non-hydrogen) atoms. The Labute approximate surface area is 106 Å². The molecule has 2 aliphatic rings. The molecule has 0 saturated carbocycles. The van der Waals surface area contributed by atoms with E-state index in [4.69, 9.17) is 4.74 Å². The molecule has 3 rings (SSSR count). The number of rotatable bonds is 1. The van der Waals surface area contributed by atoms with E-state index in [9.17, 15) is 4.79 Å². The number of para-hydroxylation sites is 1. The molecule has 1 aromatic carbocycles. The molecule has 1 aliphatic carbocycles. The van der Waals surface area contributed by atoms with Gasteiger partial charge in [0, 0.05) is 18.3 Å². The van der Waals surface area contributed by atoms with Crippen molar-refractivity contribution in [2.75, 3.05) is 19.1 Å². The van der Waals surface area contributed by atoms with Crippen molar-refractivity contribution in [1.82, 2.24) is 0 Å². The molecule has 92 valence electrons. The maximum atomic E-state index is 12.7. The van der Waals surface area contributed by atoms with Crippen LogP contribution in [0.5, 0.6) is 0 Å². The number of allylic oxidation sites excluding steroid dienone is 2. The molecule has 0 fully saturated rings. The largest absolute Gasteiger partial charge is 0.500 e. The van der Waals surface area contributed by atoms with Crippen molar-refractivity contribution in [2.24, 2.45) is 0 Å². The van der Waals surface area contributed by atoms with Gasteiger partial charge in [-0.15, -0.1) is 0 Å². The van der Waals surface area contributed by atoms with E-state index >= 15 is 0 Å². The van der Waals surface area contributed by atoms with Crippen LogP contribution in [0.3, 0.4) is 0 Å². The third-order valence-corrected chi connectivity index (χ3v) is 3.75. The van der Waals surface area contributed by atoms with Crippen molar-refractivity contribution in [2.45, 2.75) is 11.8 Å². The van der Waals surface area contributed by atoms with E-state index in [1.165, 1.54) is 0 Å². The molecule has 0 saturated heterocycles. The number of ether oxygens (including phenoxy) is 1. The highest BCUT2D eigenvalue weighted by Crippen LogP contribution is 2.48. The predicted octanol–water partition coefficient (Wildman–Crippen LogP) is 2.39. The molecular formula is C15H15NO2. The lowest BCUT2D eigenvalue weighted by molar-refractivity contribution is -0.121. The number of hydrogen-bond donors (Lipinski definition) is 0. The average molecular weight is 241 g/mol. The van der Waals surface area contributed by atoms with Gasteiger partial charge in [-0.2, -0.15) is 0 Å². The second-order valence-corrected chi connectivity index (χ2v) is 4.60. The number of carbonyl (C=O) groups excluding carboxylic acids is 1. The van der Waals surface area contributed by atoms with Crippen LogP contribution < -0.4 is 4.90 Å². The lowest BCUT2D eigenvalue weighted by Gasteiger charge is -2.28. The number of hydrogen-bond acceptors (Lipinski definition) is 2. The molecule has 0 aromatic heterocycles. The van der Waals surface area contributed by atoms with Crippen LogP contribution in [0.4, 0.5) is 5.69 Å². The minimum absolute atomic E-state index is 0.0488. The van der Waals surface area contributed by atoms with Gasteiger partial charge >= 0.3 is 0 Å². The van der Waals surface area contributed by atoms with Gasteiger partial charge in [-0.05, 0) is 18.6 Å². The summed E-state index contributed by atoms with van der Waals surface area (Å²) in [6, 6.07) is 7.88. The number of amides is 1. The van der Waals surface area contributed by atoms with Gasteiger partial charge < -0.3 is 9.64 Å². The molecule has 1 aliphatic heterocycles. The fourth-order valence-electron chi connectivity index (χ4n) is 2.90.